The summed E-state index contributed by atoms with van der Waals surface area (Å²) >= 11 is 1.23. The van der Waals surface area contributed by atoms with Gasteiger partial charge in [-0.05, 0) is 43.7 Å². The molecular weight excluding hydrogens is 496 g/mol. The van der Waals surface area contributed by atoms with Crippen LogP contribution >= 0.6 is 11.3 Å². The molecule has 3 aromatic rings. The monoisotopic (exact) mass is 524 g/mol. The maximum atomic E-state index is 13.8. The van der Waals surface area contributed by atoms with Gasteiger partial charge in [0, 0.05) is 11.6 Å². The van der Waals surface area contributed by atoms with Crippen LogP contribution in [0.25, 0.3) is 6.08 Å². The Balaban J connectivity index is 1.95. The molecule has 1 aromatic heterocycles. The number of fused-ring (bicyclic) bond motifs is 1. The van der Waals surface area contributed by atoms with Crippen LogP contribution in [-0.4, -0.2) is 45.6 Å². The van der Waals surface area contributed by atoms with Gasteiger partial charge in [-0.15, -0.1) is 0 Å². The molecule has 10 heteroatoms. The Morgan fingerprint density at radius 3 is 2.24 bits per heavy atom. The minimum atomic E-state index is -0.712. The minimum absolute atomic E-state index is 0.203. The average Bonchev–Trinajstić information content (AvgIpc) is 3.21. The molecule has 0 saturated heterocycles. The largest absolute Gasteiger partial charge is 0.497 e. The number of thiazole rings is 1. The fourth-order valence-corrected chi connectivity index (χ4v) is 5.24. The third-order valence-electron chi connectivity index (χ3n) is 5.97. The molecule has 9 nitrogen and oxygen atoms in total. The Hall–Kier alpha value is -4.05. The quantitative estimate of drug-likeness (QED) is 0.418. The van der Waals surface area contributed by atoms with Crippen molar-refractivity contribution in [2.45, 2.75) is 19.9 Å². The normalized spacial score (nSPS) is 15.1. The predicted molar refractivity (Wildman–Crippen MR) is 139 cm³/mol. The van der Waals surface area contributed by atoms with Crippen LogP contribution in [0.2, 0.25) is 0 Å². The Bertz CT molecular complexity index is 1530. The molecule has 0 radical (unpaired) electrons. The molecule has 1 aliphatic heterocycles. The second-order valence-electron chi connectivity index (χ2n) is 8.02. The Morgan fingerprint density at radius 2 is 1.65 bits per heavy atom. The van der Waals surface area contributed by atoms with Gasteiger partial charge in [0.2, 0.25) is 0 Å². The van der Waals surface area contributed by atoms with E-state index in [1.54, 1.807) is 58.4 Å². The van der Waals surface area contributed by atoms with Crippen molar-refractivity contribution in [1.29, 1.82) is 0 Å². The van der Waals surface area contributed by atoms with E-state index in [2.05, 4.69) is 4.99 Å². The van der Waals surface area contributed by atoms with E-state index in [1.807, 2.05) is 12.1 Å². The number of benzene rings is 2. The van der Waals surface area contributed by atoms with E-state index < -0.39 is 12.0 Å². The number of ether oxygens (including phenoxy) is 5. The highest BCUT2D eigenvalue weighted by Crippen LogP contribution is 2.35. The molecule has 1 aliphatic rings. The van der Waals surface area contributed by atoms with E-state index in [-0.39, 0.29) is 12.2 Å². The van der Waals surface area contributed by atoms with Crippen molar-refractivity contribution in [1.82, 2.24) is 4.57 Å². The van der Waals surface area contributed by atoms with Gasteiger partial charge in [0.05, 0.1) is 56.9 Å². The molecule has 0 fully saturated rings. The van der Waals surface area contributed by atoms with Crippen LogP contribution in [0.1, 0.15) is 31.0 Å². The van der Waals surface area contributed by atoms with Gasteiger partial charge < -0.3 is 23.7 Å². The van der Waals surface area contributed by atoms with Gasteiger partial charge in [-0.1, -0.05) is 23.5 Å². The van der Waals surface area contributed by atoms with Gasteiger partial charge in [0.1, 0.15) is 11.5 Å². The maximum Gasteiger partial charge on any atom is 0.338 e. The smallest absolute Gasteiger partial charge is 0.338 e. The summed E-state index contributed by atoms with van der Waals surface area (Å²) in [7, 11) is 6.20. The molecule has 4 rings (SSSR count). The molecule has 0 amide bonds. The number of nitrogens with zero attached hydrogens (tertiary/aromatic N) is 2. The summed E-state index contributed by atoms with van der Waals surface area (Å²) in [5.74, 6) is 1.67. The molecule has 0 N–H and O–H groups in total. The van der Waals surface area contributed by atoms with E-state index in [4.69, 9.17) is 23.7 Å². The number of carbonyl (C=O) groups is 1. The van der Waals surface area contributed by atoms with E-state index >= 15 is 0 Å². The summed E-state index contributed by atoms with van der Waals surface area (Å²) in [6.07, 6.45) is 1.72. The lowest BCUT2D eigenvalue weighted by molar-refractivity contribution is -0.139. The zero-order valence-electron chi connectivity index (χ0n) is 21.5. The molecule has 0 aliphatic carbocycles. The summed E-state index contributed by atoms with van der Waals surface area (Å²) in [6.45, 7) is 3.69. The number of carbonyl (C=O) groups excluding carboxylic acids is 1. The fraction of sp³-hybridized carbons (Fsp3) is 0.296. The fourth-order valence-electron chi connectivity index (χ4n) is 4.20. The van der Waals surface area contributed by atoms with Crippen molar-refractivity contribution in [3.05, 3.63) is 78.5 Å². The van der Waals surface area contributed by atoms with Gasteiger partial charge in [0.25, 0.3) is 5.56 Å². The van der Waals surface area contributed by atoms with Gasteiger partial charge in [-0.3, -0.25) is 9.36 Å². The van der Waals surface area contributed by atoms with Crippen LogP contribution in [-0.2, 0) is 9.53 Å². The average molecular weight is 525 g/mol. The first-order chi connectivity index (χ1) is 17.9. The van der Waals surface area contributed by atoms with E-state index in [0.29, 0.717) is 49.2 Å². The van der Waals surface area contributed by atoms with Crippen LogP contribution in [0.5, 0.6) is 23.0 Å². The number of rotatable bonds is 8. The summed E-state index contributed by atoms with van der Waals surface area (Å²) in [6, 6.07) is 9.97. The molecule has 2 heterocycles. The molecule has 0 spiro atoms. The Morgan fingerprint density at radius 1 is 1.00 bits per heavy atom. The second-order valence-corrected chi connectivity index (χ2v) is 9.03. The molecule has 2 aromatic carbocycles. The Labute approximate surface area is 217 Å². The molecule has 0 bridgehead atoms. The van der Waals surface area contributed by atoms with Crippen molar-refractivity contribution in [3.63, 3.8) is 0 Å². The van der Waals surface area contributed by atoms with Crippen LogP contribution in [0, 0.1) is 0 Å². The Kier molecular flexibility index (Phi) is 7.68. The molecular formula is C27H28N2O7S. The third kappa shape index (κ3) is 4.84. The van der Waals surface area contributed by atoms with Crippen LogP contribution in [0.4, 0.5) is 0 Å². The highest BCUT2D eigenvalue weighted by atomic mass is 32.1. The van der Waals surface area contributed by atoms with Crippen molar-refractivity contribution < 1.29 is 28.5 Å². The predicted octanol–water partition coefficient (Wildman–Crippen LogP) is 2.83. The second kappa shape index (κ2) is 10.9. The highest BCUT2D eigenvalue weighted by molar-refractivity contribution is 7.07. The van der Waals surface area contributed by atoms with E-state index in [1.165, 1.54) is 30.1 Å². The number of esters is 1. The van der Waals surface area contributed by atoms with E-state index in [9.17, 15) is 9.59 Å². The van der Waals surface area contributed by atoms with Crippen LogP contribution < -0.4 is 33.8 Å². The van der Waals surface area contributed by atoms with Crippen molar-refractivity contribution in [3.8, 4) is 23.0 Å². The van der Waals surface area contributed by atoms with Crippen molar-refractivity contribution >= 4 is 23.4 Å². The van der Waals surface area contributed by atoms with Gasteiger partial charge in [-0.2, -0.15) is 0 Å². The maximum absolute atomic E-state index is 13.8. The zero-order chi connectivity index (χ0) is 26.7. The molecule has 0 unspecified atom stereocenters. The summed E-state index contributed by atoms with van der Waals surface area (Å²) in [5.41, 5.74) is 1.88. The SMILES string of the molecule is CCOC(=O)C1=C(C)N=c2s/c(=C/c3cc(OC)c(OC)cc3OC)c(=O)n2[C@H]1c1ccc(OC)cc1. The van der Waals surface area contributed by atoms with E-state index in [0.717, 1.165) is 5.56 Å². The van der Waals surface area contributed by atoms with Crippen LogP contribution in [0.3, 0.4) is 0 Å². The first-order valence-electron chi connectivity index (χ1n) is 11.5. The molecule has 37 heavy (non-hydrogen) atoms. The first-order valence-corrected chi connectivity index (χ1v) is 12.3. The number of aromatic nitrogens is 1. The van der Waals surface area contributed by atoms with Gasteiger partial charge >= 0.3 is 5.97 Å². The number of hydrogen-bond donors (Lipinski definition) is 0. The van der Waals surface area contributed by atoms with Gasteiger partial charge in [0.15, 0.2) is 16.3 Å². The number of allylic oxidation sites excluding steroid dienone is 1. The lowest BCUT2D eigenvalue weighted by Crippen LogP contribution is -2.39. The number of methoxy groups -OCH3 is 4. The van der Waals surface area contributed by atoms with Crippen molar-refractivity contribution in [2.75, 3.05) is 35.0 Å². The van der Waals surface area contributed by atoms with Gasteiger partial charge in [-0.25, -0.2) is 9.79 Å². The molecule has 194 valence electrons. The summed E-state index contributed by atoms with van der Waals surface area (Å²) in [5, 5.41) is 0. The molecule has 1 atom stereocenters. The summed E-state index contributed by atoms with van der Waals surface area (Å²) < 4.78 is 28.9. The highest BCUT2D eigenvalue weighted by Gasteiger charge is 2.33. The zero-order valence-corrected chi connectivity index (χ0v) is 22.3. The topological polar surface area (TPSA) is 97.6 Å². The van der Waals surface area contributed by atoms with Crippen molar-refractivity contribution in [2.24, 2.45) is 4.99 Å². The van der Waals surface area contributed by atoms with Crippen LogP contribution in [0.15, 0.2) is 57.5 Å². The summed E-state index contributed by atoms with van der Waals surface area (Å²) in [4.78, 5) is 31.9. The molecule has 0 saturated carbocycles. The standard InChI is InChI=1S/C27H28N2O7S/c1-7-36-26(31)23-15(2)28-27-29(24(23)16-8-10-18(32-3)11-9-16)25(30)22(37-27)13-17-12-20(34-5)21(35-6)14-19(17)33-4/h8-14,24H,7H2,1-6H3/b22-13+/t24-/m0/s1. The lowest BCUT2D eigenvalue weighted by atomic mass is 9.96. The minimum Gasteiger partial charge on any atom is -0.497 e. The number of hydrogen-bond acceptors (Lipinski definition) is 9. The first kappa shape index (κ1) is 26.0. The lowest BCUT2D eigenvalue weighted by Gasteiger charge is -2.24. The third-order valence-corrected chi connectivity index (χ3v) is 6.95.